The van der Waals surface area contributed by atoms with Gasteiger partial charge in [-0.05, 0) is 115 Å². The summed E-state index contributed by atoms with van der Waals surface area (Å²) in [6.07, 6.45) is -3.56. The standard InChI is InChI=1S/C38H43F3N4O7/c1-36(2,3)51-34(47)43-22-23-7-14-28(15-8-23)49-29-18-25(19-30(20-29)50-32-16-9-24(21-42)17-31(32)38(39,40)41)33(46)44-26-10-12-27(13-11-26)45-35(48)52-37(4,5)6/h7-9,14-20,26-27H,10-13,22H2,1-6H3,(H,43,47)(H,44,46)(H,45,48). The highest BCUT2D eigenvalue weighted by atomic mass is 19.4. The Morgan fingerprint density at radius 1 is 0.731 bits per heavy atom. The predicted octanol–water partition coefficient (Wildman–Crippen LogP) is 8.75. The van der Waals surface area contributed by atoms with Crippen LogP contribution in [0.4, 0.5) is 22.8 Å². The maximum absolute atomic E-state index is 13.9. The molecule has 11 nitrogen and oxygen atoms in total. The van der Waals surface area contributed by atoms with E-state index in [-0.39, 0.29) is 41.3 Å². The largest absolute Gasteiger partial charge is 0.457 e. The lowest BCUT2D eigenvalue weighted by Gasteiger charge is -2.30. The predicted molar refractivity (Wildman–Crippen MR) is 185 cm³/mol. The Bertz CT molecular complexity index is 1780. The molecule has 0 unspecified atom stereocenters. The second-order valence-corrected chi connectivity index (χ2v) is 14.4. The van der Waals surface area contributed by atoms with Crippen LogP contribution in [0.5, 0.6) is 23.0 Å². The summed E-state index contributed by atoms with van der Waals surface area (Å²) in [6, 6.07) is 15.1. The van der Waals surface area contributed by atoms with E-state index < -0.39 is 46.8 Å². The molecule has 0 saturated heterocycles. The van der Waals surface area contributed by atoms with Gasteiger partial charge in [0.05, 0.1) is 17.2 Å². The van der Waals surface area contributed by atoms with Crippen LogP contribution in [0.3, 0.4) is 0 Å². The average molecular weight is 725 g/mol. The fourth-order valence-electron chi connectivity index (χ4n) is 5.28. The lowest BCUT2D eigenvalue weighted by Crippen LogP contribution is -2.45. The molecule has 0 heterocycles. The van der Waals surface area contributed by atoms with Gasteiger partial charge in [-0.2, -0.15) is 18.4 Å². The molecule has 0 aliphatic heterocycles. The first-order chi connectivity index (χ1) is 24.3. The Labute approximate surface area is 300 Å². The van der Waals surface area contributed by atoms with Gasteiger partial charge in [0, 0.05) is 30.3 Å². The van der Waals surface area contributed by atoms with Crippen molar-refractivity contribution >= 4 is 18.1 Å². The first-order valence-corrected chi connectivity index (χ1v) is 16.7. The van der Waals surface area contributed by atoms with Crippen LogP contribution in [0, 0.1) is 11.3 Å². The van der Waals surface area contributed by atoms with Gasteiger partial charge >= 0.3 is 18.4 Å². The number of carbonyl (C=O) groups excluding carboxylic acids is 3. The van der Waals surface area contributed by atoms with Gasteiger partial charge < -0.3 is 34.9 Å². The summed E-state index contributed by atoms with van der Waals surface area (Å²) in [4.78, 5) is 37.7. The van der Waals surface area contributed by atoms with Crippen molar-refractivity contribution in [2.45, 2.75) is 103 Å². The number of hydrogen-bond donors (Lipinski definition) is 3. The molecule has 0 bridgehead atoms. The second kappa shape index (κ2) is 16.3. The highest BCUT2D eigenvalue weighted by molar-refractivity contribution is 5.95. The van der Waals surface area contributed by atoms with E-state index in [0.717, 1.165) is 11.6 Å². The average Bonchev–Trinajstić information content (AvgIpc) is 3.03. The third kappa shape index (κ3) is 12.4. The van der Waals surface area contributed by atoms with Gasteiger partial charge in [-0.3, -0.25) is 4.79 Å². The van der Waals surface area contributed by atoms with E-state index in [2.05, 4.69) is 16.0 Å². The Morgan fingerprint density at radius 2 is 1.29 bits per heavy atom. The number of rotatable bonds is 9. The molecule has 52 heavy (non-hydrogen) atoms. The molecule has 1 aliphatic rings. The molecule has 14 heteroatoms. The summed E-state index contributed by atoms with van der Waals surface area (Å²) in [5.41, 5.74) is -1.82. The minimum Gasteiger partial charge on any atom is -0.457 e. The van der Waals surface area contributed by atoms with Crippen molar-refractivity contribution in [2.24, 2.45) is 0 Å². The SMILES string of the molecule is CC(C)(C)OC(=O)NCc1ccc(Oc2cc(Oc3ccc(C#N)cc3C(F)(F)F)cc(C(=O)NC3CCC(NC(=O)OC(C)(C)C)CC3)c2)cc1. The maximum atomic E-state index is 13.9. The summed E-state index contributed by atoms with van der Waals surface area (Å²) in [5.74, 6) is -0.725. The van der Waals surface area contributed by atoms with Crippen molar-refractivity contribution in [1.29, 1.82) is 5.26 Å². The third-order valence-electron chi connectivity index (χ3n) is 7.56. The lowest BCUT2D eigenvalue weighted by molar-refractivity contribution is -0.138. The number of nitrogens with zero attached hydrogens (tertiary/aromatic N) is 1. The van der Waals surface area contributed by atoms with Crippen LogP contribution >= 0.6 is 0 Å². The fourth-order valence-corrected chi connectivity index (χ4v) is 5.28. The van der Waals surface area contributed by atoms with Gasteiger partial charge in [0.2, 0.25) is 0 Å². The van der Waals surface area contributed by atoms with Crippen molar-refractivity contribution in [2.75, 3.05) is 0 Å². The van der Waals surface area contributed by atoms with Crippen LogP contribution in [0.2, 0.25) is 0 Å². The van der Waals surface area contributed by atoms with E-state index in [0.29, 0.717) is 37.5 Å². The third-order valence-corrected chi connectivity index (χ3v) is 7.56. The molecule has 3 N–H and O–H groups in total. The van der Waals surface area contributed by atoms with Crippen molar-refractivity contribution in [3.63, 3.8) is 0 Å². The molecule has 4 rings (SSSR count). The van der Waals surface area contributed by atoms with E-state index in [1.54, 1.807) is 71.9 Å². The molecule has 1 aliphatic carbocycles. The summed E-state index contributed by atoms with van der Waals surface area (Å²) in [7, 11) is 0. The first-order valence-electron chi connectivity index (χ1n) is 16.7. The maximum Gasteiger partial charge on any atom is 0.420 e. The molecule has 3 aromatic carbocycles. The zero-order chi connectivity index (χ0) is 38.3. The van der Waals surface area contributed by atoms with Crippen LogP contribution in [-0.4, -0.2) is 41.4 Å². The van der Waals surface area contributed by atoms with Crippen molar-refractivity contribution in [3.05, 3.63) is 82.9 Å². The van der Waals surface area contributed by atoms with Crippen LogP contribution < -0.4 is 25.4 Å². The normalized spacial score (nSPS) is 16.2. The molecule has 1 saturated carbocycles. The van der Waals surface area contributed by atoms with E-state index in [9.17, 15) is 27.6 Å². The Balaban J connectivity index is 1.52. The Kier molecular flexibility index (Phi) is 12.3. The molecule has 0 atom stereocenters. The zero-order valence-electron chi connectivity index (χ0n) is 29.9. The van der Waals surface area contributed by atoms with Crippen LogP contribution in [0.15, 0.2) is 60.7 Å². The van der Waals surface area contributed by atoms with E-state index >= 15 is 0 Å². The Hall–Kier alpha value is -5.45. The molecule has 3 aromatic rings. The molecular formula is C38H43F3N4O7. The van der Waals surface area contributed by atoms with Gasteiger partial charge in [0.25, 0.3) is 5.91 Å². The molecule has 278 valence electrons. The summed E-state index contributed by atoms with van der Waals surface area (Å²) < 4.78 is 64.1. The molecule has 0 radical (unpaired) electrons. The van der Waals surface area contributed by atoms with E-state index in [1.165, 1.54) is 24.3 Å². The van der Waals surface area contributed by atoms with Crippen LogP contribution in [0.1, 0.15) is 94.3 Å². The van der Waals surface area contributed by atoms with Gasteiger partial charge in [0.15, 0.2) is 0 Å². The van der Waals surface area contributed by atoms with Gasteiger partial charge in [0.1, 0.15) is 34.2 Å². The number of alkyl carbamates (subject to hydrolysis) is 2. The molecule has 1 fully saturated rings. The number of amides is 3. The highest BCUT2D eigenvalue weighted by Crippen LogP contribution is 2.40. The molecule has 3 amide bonds. The van der Waals surface area contributed by atoms with E-state index in [4.69, 9.17) is 24.2 Å². The second-order valence-electron chi connectivity index (χ2n) is 14.4. The summed E-state index contributed by atoms with van der Waals surface area (Å²) in [6.45, 7) is 10.8. The van der Waals surface area contributed by atoms with Crippen molar-refractivity contribution in [3.8, 4) is 29.1 Å². The van der Waals surface area contributed by atoms with Crippen molar-refractivity contribution < 1.29 is 46.5 Å². The Morgan fingerprint density at radius 3 is 1.85 bits per heavy atom. The quantitative estimate of drug-likeness (QED) is 0.198. The fraction of sp³-hybridized carbons (Fsp3) is 0.421. The summed E-state index contributed by atoms with van der Waals surface area (Å²) >= 11 is 0. The monoisotopic (exact) mass is 724 g/mol. The number of hydrogen-bond acceptors (Lipinski definition) is 8. The van der Waals surface area contributed by atoms with Gasteiger partial charge in [-0.15, -0.1) is 0 Å². The van der Waals surface area contributed by atoms with E-state index in [1.807, 2.05) is 0 Å². The number of halogens is 3. The smallest absolute Gasteiger partial charge is 0.420 e. The number of nitrogens with one attached hydrogen (secondary N) is 3. The van der Waals surface area contributed by atoms with Crippen LogP contribution in [-0.2, 0) is 22.2 Å². The number of nitriles is 1. The molecular weight excluding hydrogens is 681 g/mol. The van der Waals surface area contributed by atoms with Crippen molar-refractivity contribution in [1.82, 2.24) is 16.0 Å². The number of carbonyl (C=O) groups is 3. The molecule has 0 spiro atoms. The topological polar surface area (TPSA) is 148 Å². The first kappa shape index (κ1) is 39.3. The minimum absolute atomic E-state index is 0.0712. The zero-order valence-corrected chi connectivity index (χ0v) is 29.9. The molecule has 0 aromatic heterocycles. The summed E-state index contributed by atoms with van der Waals surface area (Å²) in [5, 5.41) is 17.6. The number of ether oxygens (including phenoxy) is 4. The van der Waals surface area contributed by atoms with Gasteiger partial charge in [-0.25, -0.2) is 9.59 Å². The highest BCUT2D eigenvalue weighted by Gasteiger charge is 2.35. The van der Waals surface area contributed by atoms with Crippen LogP contribution in [0.25, 0.3) is 0 Å². The number of benzene rings is 3. The lowest BCUT2D eigenvalue weighted by atomic mass is 9.91. The number of alkyl halides is 3. The minimum atomic E-state index is -4.83. The van der Waals surface area contributed by atoms with Gasteiger partial charge in [-0.1, -0.05) is 12.1 Å².